The van der Waals surface area contributed by atoms with Gasteiger partial charge in [0, 0.05) is 17.5 Å². The van der Waals surface area contributed by atoms with Crippen molar-refractivity contribution in [2.75, 3.05) is 11.9 Å². The van der Waals surface area contributed by atoms with E-state index in [1.165, 1.54) is 13.1 Å². The molecule has 1 aliphatic rings. The van der Waals surface area contributed by atoms with Crippen LogP contribution in [0.4, 0.5) is 5.69 Å². The molecule has 0 unspecified atom stereocenters. The Balaban J connectivity index is 1.59. The third kappa shape index (κ3) is 4.38. The Bertz CT molecular complexity index is 1300. The number of carbonyl (C=O) groups is 1. The number of nitrogens with one attached hydrogen (secondary N) is 1. The Morgan fingerprint density at radius 1 is 1.06 bits per heavy atom. The zero-order chi connectivity index (χ0) is 22.0. The van der Waals surface area contributed by atoms with Gasteiger partial charge in [0.2, 0.25) is 11.7 Å². The van der Waals surface area contributed by atoms with Crippen LogP contribution in [0.15, 0.2) is 69.7 Å². The second-order valence-corrected chi connectivity index (χ2v) is 8.44. The first-order valence-corrected chi connectivity index (χ1v) is 10.8. The molecule has 2 heterocycles. The largest absolute Gasteiger partial charge is 0.344 e. The Hall–Kier alpha value is -3.79. The highest BCUT2D eigenvalue weighted by Crippen LogP contribution is 2.25. The molecule has 0 saturated heterocycles. The molecule has 9 nitrogen and oxygen atoms in total. The van der Waals surface area contributed by atoms with Gasteiger partial charge >= 0.3 is 10.2 Å². The van der Waals surface area contributed by atoms with Gasteiger partial charge in [0.25, 0.3) is 5.89 Å². The number of carbonyl (C=O) groups excluding carboxylic acids is 1. The maximum absolute atomic E-state index is 12.5. The molecule has 0 atom stereocenters. The van der Waals surface area contributed by atoms with Crippen molar-refractivity contribution in [1.29, 1.82) is 0 Å². The van der Waals surface area contributed by atoms with Gasteiger partial charge in [-0.1, -0.05) is 53.7 Å². The lowest BCUT2D eigenvalue weighted by Crippen LogP contribution is -2.36. The minimum Gasteiger partial charge on any atom is -0.333 e. The minimum absolute atomic E-state index is 0.110. The van der Waals surface area contributed by atoms with Crippen LogP contribution in [-0.2, 0) is 15.0 Å². The number of amides is 1. The fourth-order valence-corrected chi connectivity index (χ4v) is 4.07. The molecule has 4 rings (SSSR count). The lowest BCUT2D eigenvalue weighted by molar-refractivity contribution is -0.116. The first-order chi connectivity index (χ1) is 14.8. The summed E-state index contributed by atoms with van der Waals surface area (Å²) in [5.74, 6) is -0.0281. The maximum Gasteiger partial charge on any atom is 0.344 e. The smallest absolute Gasteiger partial charge is 0.333 e. The second kappa shape index (κ2) is 8.15. The van der Waals surface area contributed by atoms with Gasteiger partial charge in [0.15, 0.2) is 0 Å². The van der Waals surface area contributed by atoms with Gasteiger partial charge in [0.05, 0.1) is 11.3 Å². The Labute approximate surface area is 179 Å². The van der Waals surface area contributed by atoms with Crippen LogP contribution in [-0.4, -0.2) is 41.0 Å². The number of nitrogens with zero attached hydrogens (tertiary/aromatic N) is 4. The van der Waals surface area contributed by atoms with Crippen molar-refractivity contribution in [1.82, 2.24) is 14.4 Å². The number of hydrogen-bond donors (Lipinski definition) is 1. The first kappa shape index (κ1) is 20.5. The molecule has 0 spiro atoms. The molecule has 0 fully saturated rings. The van der Waals surface area contributed by atoms with Crippen molar-refractivity contribution in [3.05, 3.63) is 72.3 Å². The lowest BCUT2D eigenvalue weighted by atomic mass is 10.2. The second-order valence-electron chi connectivity index (χ2n) is 6.89. The molecular weight excluding hydrogens is 418 g/mol. The standard InChI is InChI=1S/C21H19N5O4S/c1-14-8-6-7-11-18(14)22-19(27)13-26-12-17(15(2)25-31(26,28)29)21-23-20(24-30-21)16-9-4-3-5-10-16/h3-12H,13H2,1-2H3,(H,22,27). The molecule has 31 heavy (non-hydrogen) atoms. The number of anilines is 1. The van der Waals surface area contributed by atoms with E-state index >= 15 is 0 Å². The average molecular weight is 437 g/mol. The molecule has 1 N–H and O–H groups in total. The fourth-order valence-electron chi connectivity index (χ4n) is 3.00. The number of aryl methyl sites for hydroxylation is 1. The van der Waals surface area contributed by atoms with Crippen LogP contribution in [0.2, 0.25) is 0 Å². The number of allylic oxidation sites excluding steroid dienone is 1. The van der Waals surface area contributed by atoms with Crippen molar-refractivity contribution < 1.29 is 17.7 Å². The highest BCUT2D eigenvalue weighted by molar-refractivity contribution is 7.88. The van der Waals surface area contributed by atoms with Gasteiger partial charge < -0.3 is 9.84 Å². The van der Waals surface area contributed by atoms with E-state index in [0.29, 0.717) is 17.1 Å². The van der Waals surface area contributed by atoms with Crippen molar-refractivity contribution in [3.8, 4) is 11.4 Å². The summed E-state index contributed by atoms with van der Waals surface area (Å²) in [6, 6.07) is 16.4. The van der Waals surface area contributed by atoms with E-state index in [1.54, 1.807) is 12.1 Å². The summed E-state index contributed by atoms with van der Waals surface area (Å²) >= 11 is 0. The molecule has 0 radical (unpaired) electrons. The number of para-hydroxylation sites is 1. The van der Waals surface area contributed by atoms with Gasteiger partial charge in [-0.15, -0.1) is 4.40 Å². The topological polar surface area (TPSA) is 118 Å². The molecule has 10 heteroatoms. The number of rotatable bonds is 5. The van der Waals surface area contributed by atoms with Crippen molar-refractivity contribution in [2.24, 2.45) is 4.40 Å². The summed E-state index contributed by atoms with van der Waals surface area (Å²) in [5, 5.41) is 6.67. The zero-order valence-electron chi connectivity index (χ0n) is 16.8. The van der Waals surface area contributed by atoms with E-state index in [0.717, 1.165) is 15.4 Å². The van der Waals surface area contributed by atoms with Gasteiger partial charge in [-0.25, -0.2) is 4.31 Å². The van der Waals surface area contributed by atoms with Gasteiger partial charge in [0.1, 0.15) is 6.54 Å². The number of aromatic nitrogens is 2. The highest BCUT2D eigenvalue weighted by Gasteiger charge is 2.29. The Kier molecular flexibility index (Phi) is 5.38. The Morgan fingerprint density at radius 3 is 2.52 bits per heavy atom. The summed E-state index contributed by atoms with van der Waals surface area (Å²) < 4.78 is 34.9. The minimum atomic E-state index is -4.06. The van der Waals surface area contributed by atoms with Gasteiger partial charge in [-0.05, 0) is 25.5 Å². The summed E-state index contributed by atoms with van der Waals surface area (Å²) in [6.07, 6.45) is 1.29. The SMILES string of the molecule is CC1=NS(=O)(=O)N(CC(=O)Nc2ccccc2C)C=C1c1nc(-c2ccccc2)no1. The van der Waals surface area contributed by atoms with E-state index < -0.39 is 22.7 Å². The molecule has 0 aliphatic carbocycles. The molecule has 158 valence electrons. The summed E-state index contributed by atoms with van der Waals surface area (Å²) in [4.78, 5) is 16.8. The molecule has 3 aromatic rings. The molecule has 1 amide bonds. The number of benzene rings is 2. The van der Waals surface area contributed by atoms with Crippen LogP contribution < -0.4 is 5.32 Å². The quantitative estimate of drug-likeness (QED) is 0.655. The van der Waals surface area contributed by atoms with Crippen molar-refractivity contribution >= 4 is 33.1 Å². The van der Waals surface area contributed by atoms with E-state index in [9.17, 15) is 13.2 Å². The van der Waals surface area contributed by atoms with Gasteiger partial charge in [-0.3, -0.25) is 4.79 Å². The van der Waals surface area contributed by atoms with E-state index in [2.05, 4.69) is 19.9 Å². The predicted octanol–water partition coefficient (Wildman–Crippen LogP) is 3.05. The molecule has 0 bridgehead atoms. The third-order valence-corrected chi connectivity index (χ3v) is 5.95. The van der Waals surface area contributed by atoms with Crippen LogP contribution in [0.1, 0.15) is 18.4 Å². The maximum atomic E-state index is 12.5. The van der Waals surface area contributed by atoms with E-state index in [4.69, 9.17) is 4.52 Å². The van der Waals surface area contributed by atoms with Crippen molar-refractivity contribution in [2.45, 2.75) is 13.8 Å². The van der Waals surface area contributed by atoms with E-state index in [-0.39, 0.29) is 11.6 Å². The summed E-state index contributed by atoms with van der Waals surface area (Å²) in [6.45, 7) is 2.93. The predicted molar refractivity (Wildman–Crippen MR) is 116 cm³/mol. The van der Waals surface area contributed by atoms with Crippen LogP contribution in [0.5, 0.6) is 0 Å². The van der Waals surface area contributed by atoms with Crippen LogP contribution in [0, 0.1) is 6.92 Å². The van der Waals surface area contributed by atoms with Crippen LogP contribution in [0.3, 0.4) is 0 Å². The van der Waals surface area contributed by atoms with Gasteiger partial charge in [-0.2, -0.15) is 13.4 Å². The van der Waals surface area contributed by atoms with Crippen molar-refractivity contribution in [3.63, 3.8) is 0 Å². The monoisotopic (exact) mass is 437 g/mol. The molecule has 2 aromatic carbocycles. The fraction of sp³-hybridized carbons (Fsp3) is 0.143. The molecule has 0 saturated carbocycles. The Morgan fingerprint density at radius 2 is 1.77 bits per heavy atom. The normalized spacial score (nSPS) is 15.2. The summed E-state index contributed by atoms with van der Waals surface area (Å²) in [5.41, 5.74) is 2.74. The zero-order valence-corrected chi connectivity index (χ0v) is 17.6. The lowest BCUT2D eigenvalue weighted by Gasteiger charge is -2.22. The summed E-state index contributed by atoms with van der Waals surface area (Å²) in [7, 11) is -4.06. The molecule has 1 aliphatic heterocycles. The third-order valence-electron chi connectivity index (χ3n) is 4.62. The van der Waals surface area contributed by atoms with E-state index in [1.807, 2.05) is 49.4 Å². The van der Waals surface area contributed by atoms with Crippen LogP contribution in [0.25, 0.3) is 17.0 Å². The average Bonchev–Trinajstić information content (AvgIpc) is 3.22. The molecular formula is C21H19N5O4S. The van der Waals surface area contributed by atoms with Crippen LogP contribution >= 0.6 is 0 Å². The molecule has 1 aromatic heterocycles. The first-order valence-electron chi connectivity index (χ1n) is 9.39. The highest BCUT2D eigenvalue weighted by atomic mass is 32.2. The number of hydrogen-bond acceptors (Lipinski definition) is 6.